The number of nitrogens with one attached hydrogen (secondary N) is 1. The Morgan fingerprint density at radius 3 is 2.18 bits per heavy atom. The van der Waals surface area contributed by atoms with Gasteiger partial charge in [0, 0.05) is 76.5 Å². The summed E-state index contributed by atoms with van der Waals surface area (Å²) in [6.45, 7) is 14.8. The number of rotatable bonds is 11. The van der Waals surface area contributed by atoms with E-state index in [1.807, 2.05) is 73.9 Å². The van der Waals surface area contributed by atoms with Crippen molar-refractivity contribution in [2.24, 2.45) is 5.92 Å². The van der Waals surface area contributed by atoms with Gasteiger partial charge < -0.3 is 39.5 Å². The Hall–Kier alpha value is -4.36. The largest absolute Gasteiger partial charge is 0.507 e. The van der Waals surface area contributed by atoms with Crippen LogP contribution in [0.15, 0.2) is 36.4 Å². The van der Waals surface area contributed by atoms with Gasteiger partial charge in [0.15, 0.2) is 6.10 Å². The van der Waals surface area contributed by atoms with Gasteiger partial charge in [-0.2, -0.15) is 0 Å². The van der Waals surface area contributed by atoms with Crippen molar-refractivity contribution in [1.29, 1.82) is 0 Å². The number of esters is 1. The highest BCUT2D eigenvalue weighted by atomic mass is 16.6. The van der Waals surface area contributed by atoms with Crippen molar-refractivity contribution >= 4 is 29.7 Å². The molecule has 1 atom stereocenters. The molecule has 3 saturated heterocycles. The number of fused-ring (bicyclic) bond motifs is 1. The number of aromatic hydroxyl groups is 1. The van der Waals surface area contributed by atoms with E-state index in [-0.39, 0.29) is 36.1 Å². The van der Waals surface area contributed by atoms with Crippen molar-refractivity contribution in [3.63, 3.8) is 0 Å². The van der Waals surface area contributed by atoms with Crippen molar-refractivity contribution < 1.29 is 33.8 Å². The molecular weight excluding hydrogens is 700 g/mol. The van der Waals surface area contributed by atoms with E-state index in [0.29, 0.717) is 81.7 Å². The number of urea groups is 1. The van der Waals surface area contributed by atoms with Crippen LogP contribution in [0.25, 0.3) is 0 Å². The molecule has 300 valence electrons. The normalized spacial score (nSPS) is 19.8. The van der Waals surface area contributed by atoms with Crippen LogP contribution >= 0.6 is 0 Å². The minimum atomic E-state index is -1.01. The quantitative estimate of drug-likeness (QED) is 0.310. The number of benzene rings is 2. The molecule has 6 rings (SSSR count). The molecule has 55 heavy (non-hydrogen) atoms. The van der Waals surface area contributed by atoms with Crippen LogP contribution in [0.4, 0.5) is 15.3 Å². The lowest BCUT2D eigenvalue weighted by Gasteiger charge is -2.43. The summed E-state index contributed by atoms with van der Waals surface area (Å²) in [7, 11) is 0. The molecule has 4 amide bonds. The van der Waals surface area contributed by atoms with E-state index in [4.69, 9.17) is 9.47 Å². The molecule has 2 N–H and O–H groups in total. The number of carbonyl (C=O) groups excluding carboxylic acids is 4. The van der Waals surface area contributed by atoms with Crippen molar-refractivity contribution in [2.75, 3.05) is 77.4 Å². The first-order chi connectivity index (χ1) is 26.4. The van der Waals surface area contributed by atoms with Crippen LogP contribution in [0, 0.1) is 19.8 Å². The van der Waals surface area contributed by atoms with E-state index in [2.05, 4.69) is 15.1 Å². The molecule has 0 spiro atoms. The Bertz CT molecular complexity index is 1640. The molecule has 13 heteroatoms. The molecule has 0 saturated carbocycles. The predicted molar refractivity (Wildman–Crippen MR) is 210 cm³/mol. The number of phenolic OH excluding ortho intramolecular Hbond substituents is 1. The predicted octanol–water partition coefficient (Wildman–Crippen LogP) is 4.81. The fraction of sp³-hybridized carbons (Fsp3) is 0.619. The maximum Gasteiger partial charge on any atom is 0.410 e. The zero-order valence-electron chi connectivity index (χ0n) is 33.1. The maximum atomic E-state index is 14.2. The zero-order valence-corrected chi connectivity index (χ0v) is 33.1. The first-order valence-electron chi connectivity index (χ1n) is 20.3. The van der Waals surface area contributed by atoms with Crippen LogP contribution in [0.5, 0.6) is 5.75 Å². The van der Waals surface area contributed by atoms with E-state index in [0.717, 1.165) is 68.8 Å². The number of piperazine rings is 1. The number of hydrogen-bond donors (Lipinski definition) is 2. The highest BCUT2D eigenvalue weighted by molar-refractivity contribution is 5.91. The third kappa shape index (κ3) is 10.5. The Balaban J connectivity index is 1.02. The zero-order chi connectivity index (χ0) is 39.1. The molecule has 0 aliphatic carbocycles. The van der Waals surface area contributed by atoms with Crippen molar-refractivity contribution in [2.45, 2.75) is 90.8 Å². The molecule has 0 aromatic heterocycles. The highest BCUT2D eigenvalue weighted by Crippen LogP contribution is 2.27. The highest BCUT2D eigenvalue weighted by Gasteiger charge is 2.36. The Labute approximate surface area is 325 Å². The minimum Gasteiger partial charge on any atom is -0.507 e. The molecule has 0 bridgehead atoms. The van der Waals surface area contributed by atoms with E-state index in [1.165, 1.54) is 0 Å². The summed E-state index contributed by atoms with van der Waals surface area (Å²) in [6.07, 6.45) is 3.14. The number of carbonyl (C=O) groups is 4. The summed E-state index contributed by atoms with van der Waals surface area (Å²) in [6, 6.07) is 11.9. The molecule has 3 fully saturated rings. The summed E-state index contributed by atoms with van der Waals surface area (Å²) in [4.78, 5) is 63.3. The topological polar surface area (TPSA) is 135 Å². The number of aryl methyl sites for hydroxylation is 2. The van der Waals surface area contributed by atoms with E-state index < -0.39 is 12.2 Å². The number of phenols is 1. The summed E-state index contributed by atoms with van der Waals surface area (Å²) < 4.78 is 11.4. The molecule has 4 aliphatic rings. The Morgan fingerprint density at radius 2 is 1.51 bits per heavy atom. The molecule has 2 aromatic rings. The fourth-order valence-corrected chi connectivity index (χ4v) is 8.45. The van der Waals surface area contributed by atoms with Gasteiger partial charge >= 0.3 is 18.1 Å². The molecule has 0 radical (unpaired) electrons. The fourth-order valence-electron chi connectivity index (χ4n) is 8.45. The summed E-state index contributed by atoms with van der Waals surface area (Å²) >= 11 is 0. The monoisotopic (exact) mass is 760 g/mol. The van der Waals surface area contributed by atoms with Gasteiger partial charge in [0.2, 0.25) is 0 Å². The van der Waals surface area contributed by atoms with Crippen LogP contribution < -0.4 is 5.32 Å². The SMILES string of the molecule is Cc1cc(C[C@@H](OC(=O)N2CCC(N3CCc4ccccc4NC3=O)CC2)C(=O)N2CCN(C3CCN(CCC(=O)OCC(C)C)CC3)CC2)cc(C)c1O. The lowest BCUT2D eigenvalue weighted by Crippen LogP contribution is -2.56. The Morgan fingerprint density at radius 1 is 0.855 bits per heavy atom. The van der Waals surface area contributed by atoms with Crippen LogP contribution in [0.1, 0.15) is 68.2 Å². The molecule has 4 aliphatic heterocycles. The maximum absolute atomic E-state index is 14.2. The summed E-state index contributed by atoms with van der Waals surface area (Å²) in [5.41, 5.74) is 4.21. The second-order valence-corrected chi connectivity index (χ2v) is 16.2. The van der Waals surface area contributed by atoms with Gasteiger partial charge in [-0.15, -0.1) is 0 Å². The van der Waals surface area contributed by atoms with Crippen molar-refractivity contribution in [1.82, 2.24) is 24.5 Å². The number of hydrogen-bond acceptors (Lipinski definition) is 9. The number of ether oxygens (including phenoxy) is 2. The third-order valence-electron chi connectivity index (χ3n) is 11.7. The van der Waals surface area contributed by atoms with Gasteiger partial charge in [-0.1, -0.05) is 44.2 Å². The third-order valence-corrected chi connectivity index (χ3v) is 11.7. The van der Waals surface area contributed by atoms with Crippen LogP contribution in [0.3, 0.4) is 0 Å². The molecule has 13 nitrogen and oxygen atoms in total. The van der Waals surface area contributed by atoms with Gasteiger partial charge in [-0.25, -0.2) is 9.59 Å². The van der Waals surface area contributed by atoms with Gasteiger partial charge in [0.1, 0.15) is 5.75 Å². The van der Waals surface area contributed by atoms with Crippen LogP contribution in [-0.4, -0.2) is 144 Å². The number of piperidine rings is 2. The lowest BCUT2D eigenvalue weighted by atomic mass is 10.00. The smallest absolute Gasteiger partial charge is 0.410 e. The molecule has 4 heterocycles. The average molecular weight is 761 g/mol. The first-order valence-corrected chi connectivity index (χ1v) is 20.3. The number of amides is 4. The number of nitrogens with zero attached hydrogens (tertiary/aromatic N) is 5. The van der Waals surface area contributed by atoms with E-state index in [1.54, 1.807) is 4.90 Å². The van der Waals surface area contributed by atoms with Crippen LogP contribution in [0.2, 0.25) is 0 Å². The number of anilines is 1. The molecule has 2 aromatic carbocycles. The van der Waals surface area contributed by atoms with Crippen molar-refractivity contribution in [3.05, 3.63) is 58.7 Å². The summed E-state index contributed by atoms with van der Waals surface area (Å²) in [5, 5.41) is 13.4. The lowest BCUT2D eigenvalue weighted by molar-refractivity contribution is -0.145. The standard InChI is InChI=1S/C42H60N6O7/c1-29(2)28-54-38(49)14-17-44-15-10-34(11-16-44)45-21-23-46(24-22-45)40(51)37(27-32-25-30(3)39(50)31(4)26-32)55-42(53)47-18-12-35(13-19-47)48-20-9-33-7-5-6-8-36(33)43-41(48)52/h5-8,25-26,29,34-35,37,50H,9-24,27-28H2,1-4H3,(H,43,52)/t37-/m1/s1. The second kappa shape index (κ2) is 18.5. The molecule has 0 unspecified atom stereocenters. The van der Waals surface area contributed by atoms with Gasteiger partial charge in [-0.3, -0.25) is 14.5 Å². The minimum absolute atomic E-state index is 0.000586. The Kier molecular flexibility index (Phi) is 13.6. The van der Waals surface area contributed by atoms with Crippen molar-refractivity contribution in [3.8, 4) is 5.75 Å². The van der Waals surface area contributed by atoms with Gasteiger partial charge in [-0.05, 0) is 93.3 Å². The van der Waals surface area contributed by atoms with Gasteiger partial charge in [0.05, 0.1) is 13.0 Å². The van der Waals surface area contributed by atoms with E-state index >= 15 is 0 Å². The van der Waals surface area contributed by atoms with Crippen LogP contribution in [-0.2, 0) is 31.9 Å². The first kappa shape index (κ1) is 40.3. The second-order valence-electron chi connectivity index (χ2n) is 16.2. The van der Waals surface area contributed by atoms with Gasteiger partial charge in [0.25, 0.3) is 5.91 Å². The summed E-state index contributed by atoms with van der Waals surface area (Å²) in [5.74, 6) is 0.219. The molecular formula is C42H60N6O7. The number of likely N-dealkylation sites (tertiary alicyclic amines) is 2. The van der Waals surface area contributed by atoms with E-state index in [9.17, 15) is 24.3 Å². The number of para-hydroxylation sites is 1. The average Bonchev–Trinajstić information content (AvgIpc) is 3.36.